The molecule has 1 aromatic heterocycles. The Morgan fingerprint density at radius 3 is 2.80 bits per heavy atom. The highest BCUT2D eigenvalue weighted by molar-refractivity contribution is 8.01. The number of rotatable bonds is 5. The van der Waals surface area contributed by atoms with Crippen LogP contribution in [0.2, 0.25) is 0 Å². The van der Waals surface area contributed by atoms with Gasteiger partial charge in [-0.2, -0.15) is 5.26 Å². The molecule has 0 aliphatic heterocycles. The van der Waals surface area contributed by atoms with E-state index in [4.69, 9.17) is 5.26 Å². The first-order valence-electron chi connectivity index (χ1n) is 4.69. The Labute approximate surface area is 98.1 Å². The number of hydrogen-bond acceptors (Lipinski definition) is 6. The SMILES string of the molecule is CCNC(C)(C#N)CSc1nnc(C)s1. The van der Waals surface area contributed by atoms with Crippen molar-refractivity contribution in [1.82, 2.24) is 15.5 Å². The molecule has 1 atom stereocenters. The summed E-state index contributed by atoms with van der Waals surface area (Å²) in [5.74, 6) is 0.686. The molecule has 0 saturated carbocycles. The van der Waals surface area contributed by atoms with Gasteiger partial charge in [0.1, 0.15) is 10.5 Å². The molecule has 0 aliphatic carbocycles. The Hall–Kier alpha value is -0.640. The van der Waals surface area contributed by atoms with E-state index in [0.29, 0.717) is 5.75 Å². The Morgan fingerprint density at radius 1 is 1.60 bits per heavy atom. The molecule has 0 radical (unpaired) electrons. The molecule has 0 amide bonds. The summed E-state index contributed by atoms with van der Waals surface area (Å²) in [7, 11) is 0. The Bertz CT molecular complexity index is 357. The summed E-state index contributed by atoms with van der Waals surface area (Å²) in [5, 5.41) is 21.1. The van der Waals surface area contributed by atoms with E-state index < -0.39 is 5.54 Å². The molecule has 0 saturated heterocycles. The maximum atomic E-state index is 9.04. The van der Waals surface area contributed by atoms with Crippen molar-refractivity contribution < 1.29 is 0 Å². The van der Waals surface area contributed by atoms with E-state index in [9.17, 15) is 0 Å². The van der Waals surface area contributed by atoms with Gasteiger partial charge in [0.2, 0.25) is 0 Å². The average Bonchev–Trinajstić information content (AvgIpc) is 2.62. The lowest BCUT2D eigenvalue weighted by atomic mass is 10.1. The summed E-state index contributed by atoms with van der Waals surface area (Å²) >= 11 is 3.13. The van der Waals surface area contributed by atoms with Crippen LogP contribution < -0.4 is 5.32 Å². The van der Waals surface area contributed by atoms with Gasteiger partial charge in [-0.05, 0) is 20.4 Å². The quantitative estimate of drug-likeness (QED) is 0.798. The second kappa shape index (κ2) is 5.45. The van der Waals surface area contributed by atoms with Crippen LogP contribution in [0.15, 0.2) is 4.34 Å². The lowest BCUT2D eigenvalue weighted by molar-refractivity contribution is 0.511. The van der Waals surface area contributed by atoms with Gasteiger partial charge in [0, 0.05) is 5.75 Å². The van der Waals surface area contributed by atoms with Crippen LogP contribution in [-0.2, 0) is 0 Å². The number of nitrogens with one attached hydrogen (secondary N) is 1. The third kappa shape index (κ3) is 3.78. The Morgan fingerprint density at radius 2 is 2.33 bits per heavy atom. The van der Waals surface area contributed by atoms with E-state index in [2.05, 4.69) is 21.6 Å². The zero-order valence-electron chi connectivity index (χ0n) is 9.07. The van der Waals surface area contributed by atoms with Crippen LogP contribution in [0.4, 0.5) is 0 Å². The molecule has 1 heterocycles. The first-order valence-corrected chi connectivity index (χ1v) is 6.49. The van der Waals surface area contributed by atoms with Crippen LogP contribution in [0, 0.1) is 18.3 Å². The molecule has 0 spiro atoms. The normalized spacial score (nSPS) is 14.5. The molecule has 15 heavy (non-hydrogen) atoms. The minimum atomic E-state index is -0.487. The zero-order valence-corrected chi connectivity index (χ0v) is 10.7. The van der Waals surface area contributed by atoms with E-state index in [1.54, 1.807) is 23.1 Å². The van der Waals surface area contributed by atoms with Crippen LogP contribution >= 0.6 is 23.1 Å². The largest absolute Gasteiger partial charge is 0.299 e. The molecule has 0 aliphatic rings. The predicted octanol–water partition coefficient (Wildman–Crippen LogP) is 1.83. The Balaban J connectivity index is 2.51. The van der Waals surface area contributed by atoms with Crippen LogP contribution in [0.1, 0.15) is 18.9 Å². The van der Waals surface area contributed by atoms with Crippen LogP contribution in [0.25, 0.3) is 0 Å². The van der Waals surface area contributed by atoms with Gasteiger partial charge >= 0.3 is 0 Å². The second-order valence-electron chi connectivity index (χ2n) is 3.35. The molecule has 0 bridgehead atoms. The molecule has 1 unspecified atom stereocenters. The maximum Gasteiger partial charge on any atom is 0.174 e. The Kier molecular flexibility index (Phi) is 4.51. The zero-order chi connectivity index (χ0) is 11.3. The van der Waals surface area contributed by atoms with E-state index in [1.165, 1.54) is 0 Å². The summed E-state index contributed by atoms with van der Waals surface area (Å²) in [6, 6.07) is 2.28. The third-order valence-corrected chi connectivity index (χ3v) is 4.09. The van der Waals surface area contributed by atoms with Crippen molar-refractivity contribution in [3.63, 3.8) is 0 Å². The summed E-state index contributed by atoms with van der Waals surface area (Å²) in [4.78, 5) is 0. The van der Waals surface area contributed by atoms with Crippen LogP contribution in [0.5, 0.6) is 0 Å². The minimum Gasteiger partial charge on any atom is -0.299 e. The van der Waals surface area contributed by atoms with Gasteiger partial charge in [-0.3, -0.25) is 5.32 Å². The van der Waals surface area contributed by atoms with Crippen molar-refractivity contribution in [3.8, 4) is 6.07 Å². The molecule has 1 N–H and O–H groups in total. The van der Waals surface area contributed by atoms with Crippen molar-refractivity contribution in [2.45, 2.75) is 30.6 Å². The molecular formula is C9H14N4S2. The predicted molar refractivity (Wildman–Crippen MR) is 63.1 cm³/mol. The van der Waals surface area contributed by atoms with Gasteiger partial charge in [0.25, 0.3) is 0 Å². The number of nitrogens with zero attached hydrogens (tertiary/aromatic N) is 3. The van der Waals surface area contributed by atoms with Crippen molar-refractivity contribution >= 4 is 23.1 Å². The van der Waals surface area contributed by atoms with Gasteiger partial charge in [0.05, 0.1) is 6.07 Å². The monoisotopic (exact) mass is 242 g/mol. The third-order valence-electron chi connectivity index (χ3n) is 1.81. The average molecular weight is 242 g/mol. The first kappa shape index (κ1) is 12.4. The lowest BCUT2D eigenvalue weighted by Gasteiger charge is -2.20. The number of aryl methyl sites for hydroxylation is 1. The summed E-state index contributed by atoms with van der Waals surface area (Å²) in [6.07, 6.45) is 0. The van der Waals surface area contributed by atoms with Crippen LogP contribution in [0.3, 0.4) is 0 Å². The molecule has 82 valence electrons. The summed E-state index contributed by atoms with van der Waals surface area (Å²) in [6.45, 7) is 6.61. The van der Waals surface area contributed by atoms with E-state index >= 15 is 0 Å². The molecular weight excluding hydrogens is 228 g/mol. The number of nitriles is 1. The standard InChI is InChI=1S/C9H14N4S2/c1-4-11-9(3,5-10)6-14-8-13-12-7(2)15-8/h11H,4,6H2,1-3H3. The smallest absolute Gasteiger partial charge is 0.174 e. The fourth-order valence-electron chi connectivity index (χ4n) is 1.06. The van der Waals surface area contributed by atoms with Crippen molar-refractivity contribution in [1.29, 1.82) is 5.26 Å². The molecule has 1 rings (SSSR count). The fourth-order valence-corrected chi connectivity index (χ4v) is 2.92. The minimum absolute atomic E-state index is 0.487. The van der Waals surface area contributed by atoms with Gasteiger partial charge in [-0.25, -0.2) is 0 Å². The topological polar surface area (TPSA) is 61.6 Å². The van der Waals surface area contributed by atoms with E-state index in [-0.39, 0.29) is 0 Å². The maximum absolute atomic E-state index is 9.04. The van der Waals surface area contributed by atoms with Crippen molar-refractivity contribution in [3.05, 3.63) is 5.01 Å². The first-order chi connectivity index (χ1) is 7.09. The highest BCUT2D eigenvalue weighted by Gasteiger charge is 2.23. The lowest BCUT2D eigenvalue weighted by Crippen LogP contribution is -2.43. The number of aromatic nitrogens is 2. The van der Waals surface area contributed by atoms with Crippen molar-refractivity contribution in [2.24, 2.45) is 0 Å². The molecule has 6 heteroatoms. The van der Waals surface area contributed by atoms with E-state index in [0.717, 1.165) is 15.9 Å². The number of thioether (sulfide) groups is 1. The van der Waals surface area contributed by atoms with Crippen LogP contribution in [-0.4, -0.2) is 28.0 Å². The van der Waals surface area contributed by atoms with Crippen molar-refractivity contribution in [2.75, 3.05) is 12.3 Å². The van der Waals surface area contributed by atoms with E-state index in [1.807, 2.05) is 20.8 Å². The van der Waals surface area contributed by atoms with Gasteiger partial charge < -0.3 is 0 Å². The molecule has 0 aromatic carbocycles. The fraction of sp³-hybridized carbons (Fsp3) is 0.667. The highest BCUT2D eigenvalue weighted by Crippen LogP contribution is 2.25. The molecule has 1 aromatic rings. The molecule has 4 nitrogen and oxygen atoms in total. The molecule has 0 fully saturated rings. The van der Waals surface area contributed by atoms with Gasteiger partial charge in [0.15, 0.2) is 4.34 Å². The summed E-state index contributed by atoms with van der Waals surface area (Å²) in [5.41, 5.74) is -0.487. The number of hydrogen-bond donors (Lipinski definition) is 1. The summed E-state index contributed by atoms with van der Waals surface area (Å²) < 4.78 is 0.923. The van der Waals surface area contributed by atoms with Gasteiger partial charge in [-0.15, -0.1) is 10.2 Å². The second-order valence-corrected chi connectivity index (χ2v) is 5.75. The highest BCUT2D eigenvalue weighted by atomic mass is 32.2. The van der Waals surface area contributed by atoms with Gasteiger partial charge in [-0.1, -0.05) is 30.0 Å².